The van der Waals surface area contributed by atoms with Gasteiger partial charge in [0.15, 0.2) is 0 Å². The third-order valence-electron chi connectivity index (χ3n) is 5.97. The molecule has 0 saturated carbocycles. The fourth-order valence-corrected chi connectivity index (χ4v) is 4.08. The molecule has 192 valence electrons. The number of nitrogens with one attached hydrogen (secondary N) is 1. The Morgan fingerprint density at radius 1 is 0.842 bits per heavy atom. The predicted molar refractivity (Wildman–Crippen MR) is 140 cm³/mol. The van der Waals surface area contributed by atoms with E-state index in [9.17, 15) is 18.0 Å². The van der Waals surface area contributed by atoms with Crippen molar-refractivity contribution in [2.24, 2.45) is 0 Å². The molecule has 0 aliphatic carbocycles. The normalized spacial score (nSPS) is 11.4. The van der Waals surface area contributed by atoms with Gasteiger partial charge < -0.3 is 19.2 Å². The average Bonchev–Trinajstić information content (AvgIpc) is 2.92. The van der Waals surface area contributed by atoms with Gasteiger partial charge in [0.25, 0.3) is 0 Å². The van der Waals surface area contributed by atoms with E-state index >= 15 is 0 Å². The van der Waals surface area contributed by atoms with Crippen LogP contribution < -0.4 is 20.4 Å². The number of ether oxygens (including phenoxy) is 2. The number of rotatable bonds is 7. The summed E-state index contributed by atoms with van der Waals surface area (Å²) >= 11 is 0. The summed E-state index contributed by atoms with van der Waals surface area (Å²) in [5, 5.41) is 3.54. The lowest BCUT2D eigenvalue weighted by atomic mass is 10.0. The highest BCUT2D eigenvalue weighted by atomic mass is 19.4. The van der Waals surface area contributed by atoms with Gasteiger partial charge in [-0.15, -0.1) is 0 Å². The molecular formula is C30H22F3NO4. The van der Waals surface area contributed by atoms with Crippen LogP contribution in [-0.4, -0.2) is 7.11 Å². The first-order valence-corrected chi connectivity index (χ1v) is 11.7. The van der Waals surface area contributed by atoms with Gasteiger partial charge in [-0.1, -0.05) is 48.5 Å². The molecule has 0 atom stereocenters. The van der Waals surface area contributed by atoms with Gasteiger partial charge in [-0.2, -0.15) is 13.2 Å². The smallest absolute Gasteiger partial charge is 0.416 e. The summed E-state index contributed by atoms with van der Waals surface area (Å²) < 4.78 is 56.8. The summed E-state index contributed by atoms with van der Waals surface area (Å²) in [5.74, 6) is 1.07. The molecule has 0 radical (unpaired) electrons. The fraction of sp³-hybridized carbons (Fsp3) is 0.100. The van der Waals surface area contributed by atoms with Crippen molar-refractivity contribution in [3.63, 3.8) is 0 Å². The van der Waals surface area contributed by atoms with Gasteiger partial charge >= 0.3 is 11.8 Å². The van der Waals surface area contributed by atoms with Gasteiger partial charge in [-0.05, 0) is 53.6 Å². The van der Waals surface area contributed by atoms with E-state index in [4.69, 9.17) is 13.9 Å². The SMILES string of the molecule is COc1ccc(-c2c(Nc3cccc(C(F)(F)F)c3)c3ccc(OCc4ccccc4)cc3oc2=O)cc1. The molecule has 0 bridgehead atoms. The summed E-state index contributed by atoms with van der Waals surface area (Å²) in [4.78, 5) is 13.3. The number of alkyl halides is 3. The Labute approximate surface area is 216 Å². The third kappa shape index (κ3) is 5.34. The van der Waals surface area contributed by atoms with E-state index in [1.807, 2.05) is 30.3 Å². The van der Waals surface area contributed by atoms with Crippen LogP contribution in [0.15, 0.2) is 106 Å². The molecule has 4 aromatic carbocycles. The first-order chi connectivity index (χ1) is 18.3. The largest absolute Gasteiger partial charge is 0.497 e. The van der Waals surface area contributed by atoms with Gasteiger partial charge in [-0.3, -0.25) is 0 Å². The van der Waals surface area contributed by atoms with Crippen molar-refractivity contribution >= 4 is 22.3 Å². The zero-order chi connectivity index (χ0) is 26.7. The first kappa shape index (κ1) is 25.0. The molecular weight excluding hydrogens is 495 g/mol. The summed E-state index contributed by atoms with van der Waals surface area (Å²) in [6, 6.07) is 26.2. The van der Waals surface area contributed by atoms with E-state index in [0.29, 0.717) is 34.7 Å². The van der Waals surface area contributed by atoms with Gasteiger partial charge in [-0.25, -0.2) is 4.79 Å². The molecule has 5 aromatic rings. The molecule has 0 saturated heterocycles. The Morgan fingerprint density at radius 2 is 1.58 bits per heavy atom. The second-order valence-electron chi connectivity index (χ2n) is 8.50. The van der Waals surface area contributed by atoms with E-state index < -0.39 is 17.4 Å². The van der Waals surface area contributed by atoms with Crippen LogP contribution in [0.4, 0.5) is 24.5 Å². The lowest BCUT2D eigenvalue weighted by molar-refractivity contribution is -0.137. The van der Waals surface area contributed by atoms with Gasteiger partial charge in [0.05, 0.1) is 23.9 Å². The predicted octanol–water partition coefficient (Wildman–Crippen LogP) is 7.81. The van der Waals surface area contributed by atoms with Crippen molar-refractivity contribution in [2.45, 2.75) is 12.8 Å². The molecule has 38 heavy (non-hydrogen) atoms. The maximum absolute atomic E-state index is 13.4. The molecule has 5 nitrogen and oxygen atoms in total. The topological polar surface area (TPSA) is 60.7 Å². The van der Waals surface area contributed by atoms with Crippen LogP contribution in [0.1, 0.15) is 11.1 Å². The molecule has 0 unspecified atom stereocenters. The Balaban J connectivity index is 1.61. The van der Waals surface area contributed by atoms with Crippen molar-refractivity contribution in [3.8, 4) is 22.6 Å². The van der Waals surface area contributed by atoms with E-state index in [1.165, 1.54) is 19.2 Å². The Kier molecular flexibility index (Phi) is 6.79. The van der Waals surface area contributed by atoms with E-state index in [-0.39, 0.29) is 16.8 Å². The number of hydrogen-bond acceptors (Lipinski definition) is 5. The summed E-state index contributed by atoms with van der Waals surface area (Å²) in [5.41, 5.74) is 0.912. The van der Waals surface area contributed by atoms with Gasteiger partial charge in [0.1, 0.15) is 23.7 Å². The van der Waals surface area contributed by atoms with Gasteiger partial charge in [0.2, 0.25) is 0 Å². The molecule has 5 rings (SSSR count). The average molecular weight is 518 g/mol. The maximum atomic E-state index is 13.4. The second-order valence-corrected chi connectivity index (χ2v) is 8.50. The lowest BCUT2D eigenvalue weighted by Crippen LogP contribution is -2.09. The molecule has 0 amide bonds. The van der Waals surface area contributed by atoms with Crippen LogP contribution in [0, 0.1) is 0 Å². The fourth-order valence-electron chi connectivity index (χ4n) is 4.08. The molecule has 1 heterocycles. The molecule has 0 spiro atoms. The van der Waals surface area contributed by atoms with Crippen molar-refractivity contribution < 1.29 is 27.1 Å². The van der Waals surface area contributed by atoms with Crippen LogP contribution >= 0.6 is 0 Å². The number of halogens is 3. The first-order valence-electron chi connectivity index (χ1n) is 11.7. The number of hydrogen-bond donors (Lipinski definition) is 1. The van der Waals surface area contributed by atoms with Crippen LogP contribution in [0.5, 0.6) is 11.5 Å². The summed E-state index contributed by atoms with van der Waals surface area (Å²) in [6.07, 6.45) is -4.51. The number of benzene rings is 4. The molecule has 1 aromatic heterocycles. The van der Waals surface area contributed by atoms with Crippen LogP contribution in [0.25, 0.3) is 22.1 Å². The standard InChI is InChI=1S/C30H22F3NO4/c1-36-23-12-10-20(11-13-23)27-28(34-22-9-5-8-21(16-22)30(31,32)33)25-15-14-24(17-26(25)38-29(27)35)37-18-19-6-3-2-4-7-19/h2-17,34H,18H2,1H3. The van der Waals surface area contributed by atoms with Crippen molar-refractivity contribution in [1.29, 1.82) is 0 Å². The Hall–Kier alpha value is -4.72. The van der Waals surface area contributed by atoms with Crippen molar-refractivity contribution in [3.05, 3.63) is 119 Å². The molecule has 1 N–H and O–H groups in total. The van der Waals surface area contributed by atoms with Crippen LogP contribution in [0.2, 0.25) is 0 Å². The van der Waals surface area contributed by atoms with E-state index in [2.05, 4.69) is 5.32 Å². The zero-order valence-corrected chi connectivity index (χ0v) is 20.2. The van der Waals surface area contributed by atoms with Crippen molar-refractivity contribution in [1.82, 2.24) is 0 Å². The monoisotopic (exact) mass is 517 g/mol. The minimum absolute atomic E-state index is 0.172. The highest BCUT2D eigenvalue weighted by Crippen LogP contribution is 2.38. The zero-order valence-electron chi connectivity index (χ0n) is 20.2. The molecule has 0 aliphatic rings. The minimum atomic E-state index is -4.51. The summed E-state index contributed by atoms with van der Waals surface area (Å²) in [6.45, 7) is 0.315. The highest BCUT2D eigenvalue weighted by Gasteiger charge is 2.30. The molecule has 0 aliphatic heterocycles. The Bertz CT molecular complexity index is 1630. The van der Waals surface area contributed by atoms with E-state index in [1.54, 1.807) is 42.5 Å². The quantitative estimate of drug-likeness (QED) is 0.223. The van der Waals surface area contributed by atoms with Gasteiger partial charge in [0, 0.05) is 17.1 Å². The number of anilines is 2. The number of fused-ring (bicyclic) bond motifs is 1. The molecule has 0 fully saturated rings. The number of methoxy groups -OCH3 is 1. The summed E-state index contributed by atoms with van der Waals surface area (Å²) in [7, 11) is 1.53. The highest BCUT2D eigenvalue weighted by molar-refractivity contribution is 6.00. The second kappa shape index (κ2) is 10.3. The van der Waals surface area contributed by atoms with Crippen LogP contribution in [0.3, 0.4) is 0 Å². The molecule has 8 heteroatoms. The third-order valence-corrected chi connectivity index (χ3v) is 5.97. The maximum Gasteiger partial charge on any atom is 0.416 e. The lowest BCUT2D eigenvalue weighted by Gasteiger charge is -2.16. The van der Waals surface area contributed by atoms with E-state index in [0.717, 1.165) is 17.7 Å². The van der Waals surface area contributed by atoms with Crippen LogP contribution in [-0.2, 0) is 12.8 Å². The minimum Gasteiger partial charge on any atom is -0.497 e. The van der Waals surface area contributed by atoms with Crippen molar-refractivity contribution in [2.75, 3.05) is 12.4 Å². The Morgan fingerprint density at radius 3 is 2.29 bits per heavy atom.